The summed E-state index contributed by atoms with van der Waals surface area (Å²) >= 11 is 3.39. The summed E-state index contributed by atoms with van der Waals surface area (Å²) in [6.07, 6.45) is 2.91. The van der Waals surface area contributed by atoms with Gasteiger partial charge < -0.3 is 9.88 Å². The number of carbonyl (C=O) groups excluding carboxylic acids is 2. The summed E-state index contributed by atoms with van der Waals surface area (Å²) in [6.45, 7) is 2.43. The Morgan fingerprint density at radius 2 is 2.20 bits per heavy atom. The molecule has 0 spiro atoms. The fourth-order valence-electron chi connectivity index (χ4n) is 1.94. The molecule has 5 heteroatoms. The smallest absolute Gasteiger partial charge is 0.226 e. The van der Waals surface area contributed by atoms with Crippen molar-refractivity contribution in [2.75, 3.05) is 5.32 Å². The second kappa shape index (κ2) is 6.52. The van der Waals surface area contributed by atoms with Gasteiger partial charge in [-0.2, -0.15) is 0 Å². The Morgan fingerprint density at radius 1 is 1.40 bits per heavy atom. The van der Waals surface area contributed by atoms with Crippen molar-refractivity contribution in [2.24, 2.45) is 0 Å². The van der Waals surface area contributed by atoms with Crippen LogP contribution in [0.15, 0.2) is 41.0 Å². The van der Waals surface area contributed by atoms with Gasteiger partial charge in [0.05, 0.1) is 5.69 Å². The SMILES string of the molecule is Cc1cc(Br)ccc1NC(=O)CCn1cccc1C=O. The fraction of sp³-hybridized carbons (Fsp3) is 0.200. The number of benzene rings is 1. The molecular formula is C15H15BrN2O2. The lowest BCUT2D eigenvalue weighted by atomic mass is 10.2. The van der Waals surface area contributed by atoms with Crippen LogP contribution in [0.25, 0.3) is 0 Å². The number of amides is 1. The van der Waals surface area contributed by atoms with Gasteiger partial charge in [0.15, 0.2) is 6.29 Å². The molecular weight excluding hydrogens is 320 g/mol. The number of hydrogen-bond acceptors (Lipinski definition) is 2. The Labute approximate surface area is 125 Å². The number of aldehydes is 1. The van der Waals surface area contributed by atoms with Crippen LogP contribution in [0.5, 0.6) is 0 Å². The van der Waals surface area contributed by atoms with Crippen molar-refractivity contribution in [2.45, 2.75) is 19.9 Å². The van der Waals surface area contributed by atoms with E-state index in [0.717, 1.165) is 22.0 Å². The Morgan fingerprint density at radius 3 is 2.90 bits per heavy atom. The average Bonchev–Trinajstić information content (AvgIpc) is 2.87. The van der Waals surface area contributed by atoms with Crippen molar-refractivity contribution < 1.29 is 9.59 Å². The Balaban J connectivity index is 1.94. The van der Waals surface area contributed by atoms with E-state index in [9.17, 15) is 9.59 Å². The first-order valence-corrected chi connectivity index (χ1v) is 7.06. The molecule has 1 heterocycles. The highest BCUT2D eigenvalue weighted by molar-refractivity contribution is 9.10. The molecule has 0 aliphatic rings. The minimum Gasteiger partial charge on any atom is -0.345 e. The van der Waals surface area contributed by atoms with Crippen LogP contribution in [-0.4, -0.2) is 16.8 Å². The monoisotopic (exact) mass is 334 g/mol. The zero-order chi connectivity index (χ0) is 14.5. The highest BCUT2D eigenvalue weighted by atomic mass is 79.9. The Hall–Kier alpha value is -1.88. The van der Waals surface area contributed by atoms with E-state index in [-0.39, 0.29) is 5.91 Å². The van der Waals surface area contributed by atoms with Crippen LogP contribution in [0, 0.1) is 6.92 Å². The van der Waals surface area contributed by atoms with Gasteiger partial charge in [0.2, 0.25) is 5.91 Å². The highest BCUT2D eigenvalue weighted by Crippen LogP contribution is 2.20. The standard InChI is InChI=1S/C15H15BrN2O2/c1-11-9-12(16)4-5-14(11)17-15(20)6-8-18-7-2-3-13(18)10-19/h2-5,7,9-10H,6,8H2,1H3,(H,17,20). The number of aryl methyl sites for hydroxylation is 2. The molecule has 0 radical (unpaired) electrons. The van der Waals surface area contributed by atoms with Crippen molar-refractivity contribution in [3.63, 3.8) is 0 Å². The topological polar surface area (TPSA) is 51.1 Å². The number of nitrogens with one attached hydrogen (secondary N) is 1. The predicted molar refractivity (Wildman–Crippen MR) is 81.9 cm³/mol. The second-order valence-electron chi connectivity index (χ2n) is 4.50. The molecule has 0 aliphatic carbocycles. The summed E-state index contributed by atoms with van der Waals surface area (Å²) in [4.78, 5) is 22.7. The number of nitrogens with zero attached hydrogens (tertiary/aromatic N) is 1. The number of rotatable bonds is 5. The second-order valence-corrected chi connectivity index (χ2v) is 5.42. The number of halogens is 1. The number of carbonyl (C=O) groups is 2. The van der Waals surface area contributed by atoms with Crippen LogP contribution >= 0.6 is 15.9 Å². The quantitative estimate of drug-likeness (QED) is 0.852. The van der Waals surface area contributed by atoms with E-state index in [1.807, 2.05) is 25.1 Å². The third-order valence-corrected chi connectivity index (χ3v) is 3.52. The molecule has 0 bridgehead atoms. The first kappa shape index (κ1) is 14.5. The molecule has 0 saturated carbocycles. The zero-order valence-electron chi connectivity index (χ0n) is 11.1. The third kappa shape index (κ3) is 3.57. The molecule has 0 aliphatic heterocycles. The highest BCUT2D eigenvalue weighted by Gasteiger charge is 2.06. The molecule has 1 N–H and O–H groups in total. The van der Waals surface area contributed by atoms with Crippen LogP contribution in [0.3, 0.4) is 0 Å². The fourth-order valence-corrected chi connectivity index (χ4v) is 2.42. The molecule has 0 saturated heterocycles. The van der Waals surface area contributed by atoms with Gasteiger partial charge in [0.25, 0.3) is 0 Å². The maximum atomic E-state index is 11.9. The molecule has 1 aromatic heterocycles. The average molecular weight is 335 g/mol. The molecule has 4 nitrogen and oxygen atoms in total. The summed E-state index contributed by atoms with van der Waals surface area (Å²) in [5.74, 6) is -0.0685. The molecule has 0 fully saturated rings. The first-order chi connectivity index (χ1) is 9.60. The predicted octanol–water partition coefficient (Wildman–Crippen LogP) is 3.40. The molecule has 0 atom stereocenters. The molecule has 1 amide bonds. The van der Waals surface area contributed by atoms with Gasteiger partial charge in [0.1, 0.15) is 0 Å². The van der Waals surface area contributed by atoms with Crippen LogP contribution in [-0.2, 0) is 11.3 Å². The van der Waals surface area contributed by atoms with E-state index < -0.39 is 0 Å². The van der Waals surface area contributed by atoms with Gasteiger partial charge in [0, 0.05) is 29.3 Å². The summed E-state index contributed by atoms with van der Waals surface area (Å²) in [5.41, 5.74) is 2.39. The maximum absolute atomic E-state index is 11.9. The van der Waals surface area contributed by atoms with Crippen LogP contribution in [0.2, 0.25) is 0 Å². The van der Waals surface area contributed by atoms with E-state index in [1.165, 1.54) is 0 Å². The lowest BCUT2D eigenvalue weighted by Gasteiger charge is -2.09. The number of hydrogen-bond donors (Lipinski definition) is 1. The summed E-state index contributed by atoms with van der Waals surface area (Å²) in [5, 5.41) is 2.88. The van der Waals surface area contributed by atoms with Crippen molar-refractivity contribution >= 4 is 33.8 Å². The Bertz CT molecular complexity index is 635. The summed E-state index contributed by atoms with van der Waals surface area (Å²) in [7, 11) is 0. The third-order valence-electron chi connectivity index (χ3n) is 3.03. The number of anilines is 1. The lowest BCUT2D eigenvalue weighted by Crippen LogP contribution is -2.15. The van der Waals surface area contributed by atoms with E-state index in [4.69, 9.17) is 0 Å². The minimum atomic E-state index is -0.0685. The van der Waals surface area contributed by atoms with Crippen molar-refractivity contribution in [3.05, 3.63) is 52.3 Å². The molecule has 104 valence electrons. The van der Waals surface area contributed by atoms with E-state index in [1.54, 1.807) is 22.9 Å². The van der Waals surface area contributed by atoms with Gasteiger partial charge in [-0.25, -0.2) is 0 Å². The molecule has 2 aromatic rings. The zero-order valence-corrected chi connectivity index (χ0v) is 12.7. The lowest BCUT2D eigenvalue weighted by molar-refractivity contribution is -0.116. The van der Waals surface area contributed by atoms with Crippen LogP contribution < -0.4 is 5.32 Å². The molecule has 0 unspecified atom stereocenters. The van der Waals surface area contributed by atoms with Crippen molar-refractivity contribution in [1.82, 2.24) is 4.57 Å². The van der Waals surface area contributed by atoms with Gasteiger partial charge in [-0.15, -0.1) is 0 Å². The molecule has 2 rings (SSSR count). The summed E-state index contributed by atoms with van der Waals surface area (Å²) in [6, 6.07) is 9.22. The van der Waals surface area contributed by atoms with Gasteiger partial charge in [-0.1, -0.05) is 15.9 Å². The Kier molecular flexibility index (Phi) is 4.74. The van der Waals surface area contributed by atoms with E-state index in [0.29, 0.717) is 18.7 Å². The van der Waals surface area contributed by atoms with Crippen molar-refractivity contribution in [1.29, 1.82) is 0 Å². The van der Waals surface area contributed by atoms with E-state index >= 15 is 0 Å². The maximum Gasteiger partial charge on any atom is 0.226 e. The number of aromatic nitrogens is 1. The first-order valence-electron chi connectivity index (χ1n) is 6.26. The van der Waals surface area contributed by atoms with Crippen molar-refractivity contribution in [3.8, 4) is 0 Å². The van der Waals surface area contributed by atoms with Crippen LogP contribution in [0.1, 0.15) is 22.5 Å². The minimum absolute atomic E-state index is 0.0685. The summed E-state index contributed by atoms with van der Waals surface area (Å²) < 4.78 is 2.75. The normalized spacial score (nSPS) is 10.3. The van der Waals surface area contributed by atoms with Gasteiger partial charge in [-0.05, 0) is 42.8 Å². The van der Waals surface area contributed by atoms with E-state index in [2.05, 4.69) is 21.2 Å². The van der Waals surface area contributed by atoms with Gasteiger partial charge >= 0.3 is 0 Å². The molecule has 1 aromatic carbocycles. The van der Waals surface area contributed by atoms with Crippen LogP contribution in [0.4, 0.5) is 5.69 Å². The largest absolute Gasteiger partial charge is 0.345 e. The molecule has 20 heavy (non-hydrogen) atoms. The van der Waals surface area contributed by atoms with Gasteiger partial charge in [-0.3, -0.25) is 9.59 Å².